The van der Waals surface area contributed by atoms with E-state index in [1.807, 2.05) is 30.5 Å². The van der Waals surface area contributed by atoms with Crippen molar-refractivity contribution < 1.29 is 4.79 Å². The molecule has 1 fully saturated rings. The molecule has 0 radical (unpaired) electrons. The van der Waals surface area contributed by atoms with Crippen molar-refractivity contribution in [3.63, 3.8) is 0 Å². The molecule has 162 valence electrons. The van der Waals surface area contributed by atoms with E-state index in [1.165, 1.54) is 35.6 Å². The van der Waals surface area contributed by atoms with Crippen LogP contribution >= 0.6 is 0 Å². The topological polar surface area (TPSA) is 83.9 Å². The summed E-state index contributed by atoms with van der Waals surface area (Å²) in [5.41, 5.74) is 9.21. The zero-order chi connectivity index (χ0) is 22.1. The van der Waals surface area contributed by atoms with E-state index in [2.05, 4.69) is 46.3 Å². The Balaban J connectivity index is 1.57. The molecule has 0 atom stereocenters. The molecule has 1 aromatic heterocycles. The van der Waals surface area contributed by atoms with E-state index in [4.69, 9.17) is 11.1 Å². The molecular formula is C27H28N4O. The van der Waals surface area contributed by atoms with Crippen molar-refractivity contribution >= 4 is 33.4 Å². The summed E-state index contributed by atoms with van der Waals surface area (Å²) in [5, 5.41) is 14.4. The second-order valence-electron chi connectivity index (χ2n) is 8.76. The minimum atomic E-state index is -0.0193. The van der Waals surface area contributed by atoms with Gasteiger partial charge in [0.15, 0.2) is 0 Å². The Kier molecular flexibility index (Phi) is 5.39. The van der Waals surface area contributed by atoms with Crippen molar-refractivity contribution in [1.29, 1.82) is 5.41 Å². The van der Waals surface area contributed by atoms with E-state index in [0.29, 0.717) is 17.7 Å². The summed E-state index contributed by atoms with van der Waals surface area (Å²) in [6.07, 6.45) is 7.66. The molecule has 0 saturated heterocycles. The minimum Gasteiger partial charge on any atom is -0.384 e. The first-order chi connectivity index (χ1) is 15.6. The maximum atomic E-state index is 13.2. The largest absolute Gasteiger partial charge is 0.384 e. The van der Waals surface area contributed by atoms with Gasteiger partial charge in [-0.2, -0.15) is 0 Å². The number of benzene rings is 3. The summed E-state index contributed by atoms with van der Waals surface area (Å²) < 4.78 is 2.11. The number of hydrogen-bond acceptors (Lipinski definition) is 2. The van der Waals surface area contributed by atoms with E-state index in [0.717, 1.165) is 23.7 Å². The Hall–Kier alpha value is -3.60. The molecule has 32 heavy (non-hydrogen) atoms. The SMILES string of the molecule is N=C(N)c1ccc2c(C(=O)NC3CCCCC3)cn(Cc3cccc4ccccc34)c2c1. The lowest BCUT2D eigenvalue weighted by molar-refractivity contribution is 0.0929. The van der Waals surface area contributed by atoms with Crippen LogP contribution in [-0.2, 0) is 6.54 Å². The fourth-order valence-corrected chi connectivity index (χ4v) is 4.90. The van der Waals surface area contributed by atoms with Crippen LogP contribution in [0.15, 0.2) is 66.9 Å². The van der Waals surface area contributed by atoms with Crippen LogP contribution in [0.2, 0.25) is 0 Å². The van der Waals surface area contributed by atoms with Crippen LogP contribution in [0.4, 0.5) is 0 Å². The number of carbonyl (C=O) groups excluding carboxylic acids is 1. The molecule has 0 aliphatic heterocycles. The molecule has 1 amide bonds. The Bertz CT molecular complexity index is 1310. The van der Waals surface area contributed by atoms with Crippen molar-refractivity contribution in [3.05, 3.63) is 83.6 Å². The number of nitrogens with two attached hydrogens (primary N) is 1. The van der Waals surface area contributed by atoms with E-state index in [1.54, 1.807) is 0 Å². The summed E-state index contributed by atoms with van der Waals surface area (Å²) >= 11 is 0. The third-order valence-corrected chi connectivity index (χ3v) is 6.60. The lowest BCUT2D eigenvalue weighted by atomic mass is 9.95. The monoisotopic (exact) mass is 424 g/mol. The van der Waals surface area contributed by atoms with Crippen LogP contribution in [0.5, 0.6) is 0 Å². The zero-order valence-corrected chi connectivity index (χ0v) is 18.1. The molecule has 0 spiro atoms. The van der Waals surface area contributed by atoms with E-state index >= 15 is 0 Å². The standard InChI is InChI=1S/C27H28N4O/c28-26(29)19-13-14-23-24(27(32)30-21-10-2-1-3-11-21)17-31(25(23)15-19)16-20-9-6-8-18-7-4-5-12-22(18)20/h4-9,12-15,17,21H,1-3,10-11,16H2,(H3,28,29)(H,30,32). The molecule has 0 bridgehead atoms. The Morgan fingerprint density at radius 3 is 2.59 bits per heavy atom. The van der Waals surface area contributed by atoms with Crippen molar-refractivity contribution in [2.75, 3.05) is 0 Å². The average molecular weight is 425 g/mol. The van der Waals surface area contributed by atoms with Gasteiger partial charge < -0.3 is 15.6 Å². The van der Waals surface area contributed by atoms with Crippen molar-refractivity contribution in [2.45, 2.75) is 44.7 Å². The highest BCUT2D eigenvalue weighted by Gasteiger charge is 2.21. The number of amidine groups is 1. The smallest absolute Gasteiger partial charge is 0.253 e. The van der Waals surface area contributed by atoms with Gasteiger partial charge in [-0.1, -0.05) is 73.9 Å². The van der Waals surface area contributed by atoms with Gasteiger partial charge in [-0.05, 0) is 35.2 Å². The van der Waals surface area contributed by atoms with Crippen molar-refractivity contribution in [3.8, 4) is 0 Å². The Labute approximate surface area is 187 Å². The molecule has 0 unspecified atom stereocenters. The third kappa shape index (κ3) is 3.86. The predicted octanol–water partition coefficient (Wildman–Crippen LogP) is 5.19. The van der Waals surface area contributed by atoms with Crippen LogP contribution in [0, 0.1) is 5.41 Å². The van der Waals surface area contributed by atoms with Gasteiger partial charge >= 0.3 is 0 Å². The summed E-state index contributed by atoms with van der Waals surface area (Å²) in [4.78, 5) is 13.2. The first kappa shape index (κ1) is 20.3. The summed E-state index contributed by atoms with van der Waals surface area (Å²) in [6, 6.07) is 20.6. The van der Waals surface area contributed by atoms with Crippen LogP contribution in [0.3, 0.4) is 0 Å². The summed E-state index contributed by atoms with van der Waals surface area (Å²) in [7, 11) is 0. The molecule has 1 heterocycles. The number of nitrogen functional groups attached to an aromatic ring is 1. The van der Waals surface area contributed by atoms with E-state index < -0.39 is 0 Å². The molecule has 5 heteroatoms. The predicted molar refractivity (Wildman–Crippen MR) is 130 cm³/mol. The highest BCUT2D eigenvalue weighted by Crippen LogP contribution is 2.27. The number of hydrogen-bond donors (Lipinski definition) is 3. The first-order valence-corrected chi connectivity index (χ1v) is 11.3. The van der Waals surface area contributed by atoms with Gasteiger partial charge in [0.2, 0.25) is 0 Å². The second kappa shape index (κ2) is 8.50. The van der Waals surface area contributed by atoms with E-state index in [9.17, 15) is 4.79 Å². The average Bonchev–Trinajstić information content (AvgIpc) is 3.18. The highest BCUT2D eigenvalue weighted by molar-refractivity contribution is 6.09. The lowest BCUT2D eigenvalue weighted by Gasteiger charge is -2.22. The molecule has 4 aromatic rings. The molecule has 1 aliphatic carbocycles. The second-order valence-corrected chi connectivity index (χ2v) is 8.76. The van der Waals surface area contributed by atoms with Gasteiger partial charge in [0.25, 0.3) is 5.91 Å². The number of rotatable bonds is 5. The molecule has 5 nitrogen and oxygen atoms in total. The third-order valence-electron chi connectivity index (χ3n) is 6.60. The van der Waals surface area contributed by atoms with Crippen LogP contribution in [0.25, 0.3) is 21.7 Å². The summed E-state index contributed by atoms with van der Waals surface area (Å²) in [6.45, 7) is 0.635. The minimum absolute atomic E-state index is 0.0193. The maximum Gasteiger partial charge on any atom is 0.253 e. The number of fused-ring (bicyclic) bond motifs is 2. The first-order valence-electron chi connectivity index (χ1n) is 11.3. The lowest BCUT2D eigenvalue weighted by Crippen LogP contribution is -2.36. The fourth-order valence-electron chi connectivity index (χ4n) is 4.90. The van der Waals surface area contributed by atoms with Crippen molar-refractivity contribution in [1.82, 2.24) is 9.88 Å². The molecular weight excluding hydrogens is 396 g/mol. The molecule has 1 saturated carbocycles. The summed E-state index contributed by atoms with van der Waals surface area (Å²) in [5.74, 6) is 0.00663. The van der Waals surface area contributed by atoms with Gasteiger partial charge in [-0.3, -0.25) is 10.2 Å². The number of nitrogens with zero attached hydrogens (tertiary/aromatic N) is 1. The van der Waals surface area contributed by atoms with Crippen molar-refractivity contribution in [2.24, 2.45) is 5.73 Å². The number of nitrogens with one attached hydrogen (secondary N) is 2. The number of aromatic nitrogens is 1. The molecule has 3 aromatic carbocycles. The molecule has 5 rings (SSSR count). The highest BCUT2D eigenvalue weighted by atomic mass is 16.1. The van der Waals surface area contributed by atoms with Gasteiger partial charge in [-0.15, -0.1) is 0 Å². The quantitative estimate of drug-likeness (QED) is 0.304. The number of carbonyl (C=O) groups is 1. The Morgan fingerprint density at radius 1 is 1.00 bits per heavy atom. The zero-order valence-electron chi connectivity index (χ0n) is 18.1. The van der Waals surface area contributed by atoms with Gasteiger partial charge in [0.05, 0.1) is 5.56 Å². The number of amides is 1. The van der Waals surface area contributed by atoms with Crippen LogP contribution < -0.4 is 11.1 Å². The van der Waals surface area contributed by atoms with Gasteiger partial charge in [0.1, 0.15) is 5.84 Å². The Morgan fingerprint density at radius 2 is 1.78 bits per heavy atom. The van der Waals surface area contributed by atoms with Crippen LogP contribution in [-0.4, -0.2) is 22.4 Å². The van der Waals surface area contributed by atoms with Gasteiger partial charge in [-0.25, -0.2) is 0 Å². The normalized spacial score (nSPS) is 14.6. The maximum absolute atomic E-state index is 13.2. The molecule has 1 aliphatic rings. The van der Waals surface area contributed by atoms with Gasteiger partial charge in [0, 0.05) is 35.2 Å². The molecule has 4 N–H and O–H groups in total. The van der Waals surface area contributed by atoms with E-state index in [-0.39, 0.29) is 17.8 Å². The van der Waals surface area contributed by atoms with Crippen LogP contribution in [0.1, 0.15) is 53.6 Å². The fraction of sp³-hybridized carbons (Fsp3) is 0.259.